The number of rotatable bonds is 5. The van der Waals surface area contributed by atoms with Gasteiger partial charge in [-0.05, 0) is 24.3 Å². The molecular weight excluding hydrogens is 339 g/mol. The number of amides is 2. The molecule has 0 fully saturated rings. The number of halogens is 1. The van der Waals surface area contributed by atoms with E-state index in [1.165, 1.54) is 30.0 Å². The van der Waals surface area contributed by atoms with E-state index in [2.05, 4.69) is 5.32 Å². The molecule has 26 heavy (non-hydrogen) atoms. The van der Waals surface area contributed by atoms with Crippen LogP contribution in [0, 0.1) is 5.82 Å². The molecule has 136 valence electrons. The molecule has 0 aromatic heterocycles. The summed E-state index contributed by atoms with van der Waals surface area (Å²) in [5, 5.41) is 2.63. The van der Waals surface area contributed by atoms with Gasteiger partial charge in [-0.15, -0.1) is 0 Å². The van der Waals surface area contributed by atoms with Crippen LogP contribution in [-0.2, 0) is 4.79 Å². The predicted octanol–water partition coefficient (Wildman–Crippen LogP) is 2.38. The number of benzene rings is 2. The zero-order chi connectivity index (χ0) is 18.5. The number of hydrogen-bond acceptors (Lipinski definition) is 4. The summed E-state index contributed by atoms with van der Waals surface area (Å²) in [4.78, 5) is 25.6. The van der Waals surface area contributed by atoms with E-state index in [0.29, 0.717) is 30.4 Å². The van der Waals surface area contributed by atoms with E-state index in [0.717, 1.165) is 0 Å². The van der Waals surface area contributed by atoms with Gasteiger partial charge in [0.2, 0.25) is 5.91 Å². The third-order valence-corrected chi connectivity index (χ3v) is 3.96. The molecule has 1 aliphatic heterocycles. The zero-order valence-corrected chi connectivity index (χ0v) is 14.3. The van der Waals surface area contributed by atoms with Gasteiger partial charge in [-0.2, -0.15) is 0 Å². The van der Waals surface area contributed by atoms with E-state index in [4.69, 9.17) is 9.47 Å². The van der Waals surface area contributed by atoms with Gasteiger partial charge >= 0.3 is 0 Å². The number of anilines is 1. The molecule has 0 atom stereocenters. The first-order chi connectivity index (χ1) is 12.6. The third kappa shape index (κ3) is 3.93. The fraction of sp³-hybridized carbons (Fsp3) is 0.263. The van der Waals surface area contributed by atoms with Crippen molar-refractivity contribution in [3.63, 3.8) is 0 Å². The smallest absolute Gasteiger partial charge is 0.254 e. The lowest BCUT2D eigenvalue weighted by molar-refractivity contribution is -0.116. The summed E-state index contributed by atoms with van der Waals surface area (Å²) in [5.74, 6) is -0.0670. The average Bonchev–Trinajstić information content (AvgIpc) is 2.64. The van der Waals surface area contributed by atoms with Gasteiger partial charge in [0.25, 0.3) is 5.91 Å². The molecule has 0 saturated carbocycles. The third-order valence-electron chi connectivity index (χ3n) is 3.96. The molecule has 1 heterocycles. The average molecular weight is 358 g/mol. The maximum atomic E-state index is 13.6. The van der Waals surface area contributed by atoms with Crippen LogP contribution in [0.25, 0.3) is 0 Å². The maximum Gasteiger partial charge on any atom is 0.254 e. The molecule has 7 heteroatoms. The van der Waals surface area contributed by atoms with Gasteiger partial charge in [-0.1, -0.05) is 12.1 Å². The van der Waals surface area contributed by atoms with Crippen LogP contribution >= 0.6 is 0 Å². The molecular formula is C19H19FN2O4. The van der Waals surface area contributed by atoms with Crippen molar-refractivity contribution in [2.45, 2.75) is 6.92 Å². The Morgan fingerprint density at radius 1 is 1.12 bits per heavy atom. The molecule has 2 amide bonds. The molecule has 1 N–H and O–H groups in total. The Morgan fingerprint density at radius 2 is 1.85 bits per heavy atom. The van der Waals surface area contributed by atoms with Crippen molar-refractivity contribution in [2.75, 3.05) is 31.2 Å². The SMILES string of the molecule is CC(=O)N(CCNC(=O)c1ccccc1F)c1ccc2c(c1)OCCO2. The minimum atomic E-state index is -0.583. The summed E-state index contributed by atoms with van der Waals surface area (Å²) in [6.45, 7) is 2.81. The summed E-state index contributed by atoms with van der Waals surface area (Å²) in [6.07, 6.45) is 0. The first-order valence-corrected chi connectivity index (χ1v) is 8.27. The quantitative estimate of drug-likeness (QED) is 0.891. The Hall–Kier alpha value is -3.09. The predicted molar refractivity (Wildman–Crippen MR) is 94.2 cm³/mol. The van der Waals surface area contributed by atoms with Crippen molar-refractivity contribution >= 4 is 17.5 Å². The van der Waals surface area contributed by atoms with Crippen LogP contribution in [0.3, 0.4) is 0 Å². The molecule has 1 aliphatic rings. The van der Waals surface area contributed by atoms with E-state index < -0.39 is 11.7 Å². The highest BCUT2D eigenvalue weighted by Crippen LogP contribution is 2.33. The van der Waals surface area contributed by atoms with Crippen molar-refractivity contribution in [1.82, 2.24) is 5.32 Å². The lowest BCUT2D eigenvalue weighted by Gasteiger charge is -2.24. The molecule has 2 aromatic rings. The molecule has 0 saturated heterocycles. The van der Waals surface area contributed by atoms with Gasteiger partial charge in [0, 0.05) is 31.8 Å². The van der Waals surface area contributed by atoms with Crippen LogP contribution in [-0.4, -0.2) is 38.1 Å². The monoisotopic (exact) mass is 358 g/mol. The van der Waals surface area contributed by atoms with Crippen molar-refractivity contribution in [3.8, 4) is 11.5 Å². The van der Waals surface area contributed by atoms with Gasteiger partial charge < -0.3 is 19.7 Å². The highest BCUT2D eigenvalue weighted by Gasteiger charge is 2.18. The van der Waals surface area contributed by atoms with Crippen LogP contribution in [0.5, 0.6) is 11.5 Å². The summed E-state index contributed by atoms with van der Waals surface area (Å²) >= 11 is 0. The molecule has 0 bridgehead atoms. The number of nitrogens with one attached hydrogen (secondary N) is 1. The topological polar surface area (TPSA) is 67.9 Å². The van der Waals surface area contributed by atoms with Crippen LogP contribution in [0.2, 0.25) is 0 Å². The standard InChI is InChI=1S/C19H19FN2O4/c1-13(23)22(14-6-7-17-18(12-14)26-11-10-25-17)9-8-21-19(24)15-4-2-3-5-16(15)20/h2-7,12H,8-11H2,1H3,(H,21,24). The number of hydrogen-bond donors (Lipinski definition) is 1. The van der Waals surface area contributed by atoms with E-state index in [1.54, 1.807) is 24.3 Å². The minimum absolute atomic E-state index is 0.0267. The van der Waals surface area contributed by atoms with Gasteiger partial charge in [0.05, 0.1) is 5.56 Å². The van der Waals surface area contributed by atoms with E-state index in [9.17, 15) is 14.0 Å². The number of fused-ring (bicyclic) bond motifs is 1. The molecule has 0 aliphatic carbocycles. The Labute approximate surface area is 150 Å². The second-order valence-electron chi connectivity index (χ2n) is 5.73. The zero-order valence-electron chi connectivity index (χ0n) is 14.3. The highest BCUT2D eigenvalue weighted by atomic mass is 19.1. The molecule has 0 radical (unpaired) electrons. The van der Waals surface area contributed by atoms with E-state index >= 15 is 0 Å². The Bertz CT molecular complexity index is 825. The van der Waals surface area contributed by atoms with Crippen LogP contribution in [0.1, 0.15) is 17.3 Å². The normalized spacial score (nSPS) is 12.4. The first-order valence-electron chi connectivity index (χ1n) is 8.27. The Morgan fingerprint density at radius 3 is 2.58 bits per heavy atom. The maximum absolute atomic E-state index is 13.6. The van der Waals surface area contributed by atoms with E-state index in [1.807, 2.05) is 0 Å². The second-order valence-corrected chi connectivity index (χ2v) is 5.73. The Balaban J connectivity index is 1.65. The summed E-state index contributed by atoms with van der Waals surface area (Å²) in [5.41, 5.74) is 0.614. The summed E-state index contributed by atoms with van der Waals surface area (Å²) < 4.78 is 24.6. The fourth-order valence-electron chi connectivity index (χ4n) is 2.69. The van der Waals surface area contributed by atoms with Crippen molar-refractivity contribution in [1.29, 1.82) is 0 Å². The second kappa shape index (κ2) is 7.86. The molecule has 3 rings (SSSR count). The number of carbonyl (C=O) groups excluding carboxylic acids is 2. The van der Waals surface area contributed by atoms with Gasteiger partial charge in [0.1, 0.15) is 19.0 Å². The first kappa shape index (κ1) is 17.7. The lowest BCUT2D eigenvalue weighted by Crippen LogP contribution is -2.37. The lowest BCUT2D eigenvalue weighted by atomic mass is 10.2. The van der Waals surface area contributed by atoms with Crippen molar-refractivity contribution in [3.05, 3.63) is 53.8 Å². The molecule has 6 nitrogen and oxygen atoms in total. The minimum Gasteiger partial charge on any atom is -0.486 e. The highest BCUT2D eigenvalue weighted by molar-refractivity contribution is 5.95. The van der Waals surface area contributed by atoms with Gasteiger partial charge in [-0.25, -0.2) is 4.39 Å². The molecule has 0 unspecified atom stereocenters. The number of carbonyl (C=O) groups is 2. The fourth-order valence-corrected chi connectivity index (χ4v) is 2.69. The van der Waals surface area contributed by atoms with Gasteiger partial charge in [0.15, 0.2) is 11.5 Å². The van der Waals surface area contributed by atoms with Gasteiger partial charge in [-0.3, -0.25) is 9.59 Å². The Kier molecular flexibility index (Phi) is 5.36. The number of ether oxygens (including phenoxy) is 2. The van der Waals surface area contributed by atoms with Crippen molar-refractivity contribution < 1.29 is 23.5 Å². The van der Waals surface area contributed by atoms with Crippen LogP contribution in [0.15, 0.2) is 42.5 Å². The van der Waals surface area contributed by atoms with Crippen molar-refractivity contribution in [2.24, 2.45) is 0 Å². The molecule has 0 spiro atoms. The van der Waals surface area contributed by atoms with Crippen LogP contribution in [0.4, 0.5) is 10.1 Å². The summed E-state index contributed by atoms with van der Waals surface area (Å²) in [7, 11) is 0. The summed E-state index contributed by atoms with van der Waals surface area (Å²) in [6, 6.07) is 11.0. The van der Waals surface area contributed by atoms with Crippen LogP contribution < -0.4 is 19.7 Å². The van der Waals surface area contributed by atoms with E-state index in [-0.39, 0.29) is 24.6 Å². The molecule has 2 aromatic carbocycles. The number of nitrogens with zero attached hydrogens (tertiary/aromatic N) is 1. The largest absolute Gasteiger partial charge is 0.486 e.